The third kappa shape index (κ3) is 7.33. The largest absolute Gasteiger partial charge is 0.481 e. The maximum Gasteiger partial charge on any atom is 0.303 e. The zero-order chi connectivity index (χ0) is 18.1. The first-order valence-corrected chi connectivity index (χ1v) is 10.2. The zero-order valence-electron chi connectivity index (χ0n) is 15.1. The number of aryl methyl sites for hydroxylation is 1. The predicted molar refractivity (Wildman–Crippen MR) is 107 cm³/mol. The van der Waals surface area contributed by atoms with Crippen molar-refractivity contribution in [2.24, 2.45) is 11.8 Å². The summed E-state index contributed by atoms with van der Waals surface area (Å²) in [6.45, 7) is 4.05. The lowest BCUT2D eigenvalue weighted by Gasteiger charge is -2.30. The molecule has 0 amide bonds. The fourth-order valence-corrected chi connectivity index (χ4v) is 4.21. The summed E-state index contributed by atoms with van der Waals surface area (Å²) < 4.78 is 1.18. The minimum atomic E-state index is -0.699. The molecule has 4 heteroatoms. The summed E-state index contributed by atoms with van der Waals surface area (Å²) in [6, 6.07) is 6.51. The lowest BCUT2D eigenvalue weighted by molar-refractivity contribution is -0.137. The molecule has 3 nitrogen and oxygen atoms in total. The number of halogens is 1. The number of carboxylic acid groups (broad SMARTS) is 1. The van der Waals surface area contributed by atoms with Crippen LogP contribution in [0.1, 0.15) is 56.1 Å². The first-order chi connectivity index (χ1) is 12.1. The standard InChI is InChI=1S/C21H30BrNO2/c1-16-11-12-19(20(22)13-16)15-23-14-18-9-6-5-8-17(18)7-3-2-4-10-21(24)25/h3,7,11-13,17-18,23H,2,4-6,8-10,14-15H2,1H3,(H,24,25)/b7-3-/t17-,18+/m0/s1. The molecule has 2 N–H and O–H groups in total. The molecule has 0 aliphatic heterocycles. The molecule has 2 atom stereocenters. The number of aliphatic carboxylic acids is 1. The van der Waals surface area contributed by atoms with Crippen LogP contribution in [0.15, 0.2) is 34.8 Å². The molecule has 138 valence electrons. The number of carbonyl (C=O) groups is 1. The molecule has 1 aliphatic rings. The average Bonchev–Trinajstić information content (AvgIpc) is 2.57. The number of hydrogen-bond donors (Lipinski definition) is 2. The highest BCUT2D eigenvalue weighted by Gasteiger charge is 2.22. The van der Waals surface area contributed by atoms with Gasteiger partial charge in [-0.05, 0) is 68.2 Å². The normalized spacial score (nSPS) is 20.9. The maximum atomic E-state index is 10.6. The van der Waals surface area contributed by atoms with Crippen LogP contribution in [0.2, 0.25) is 0 Å². The van der Waals surface area contributed by atoms with Crippen molar-refractivity contribution in [3.63, 3.8) is 0 Å². The van der Waals surface area contributed by atoms with E-state index in [1.54, 1.807) is 0 Å². The molecule has 1 fully saturated rings. The molecule has 0 spiro atoms. The van der Waals surface area contributed by atoms with Gasteiger partial charge in [0.15, 0.2) is 0 Å². The molecule has 1 aromatic carbocycles. The smallest absolute Gasteiger partial charge is 0.303 e. The molecule has 25 heavy (non-hydrogen) atoms. The third-order valence-corrected chi connectivity index (χ3v) is 5.78. The summed E-state index contributed by atoms with van der Waals surface area (Å²) in [4.78, 5) is 10.6. The first kappa shape index (κ1) is 20.2. The Morgan fingerprint density at radius 3 is 2.92 bits per heavy atom. The lowest BCUT2D eigenvalue weighted by Crippen LogP contribution is -2.29. The Morgan fingerprint density at radius 2 is 2.16 bits per heavy atom. The van der Waals surface area contributed by atoms with Crippen LogP contribution in [-0.2, 0) is 11.3 Å². The Morgan fingerprint density at radius 1 is 1.36 bits per heavy atom. The number of rotatable bonds is 9. The lowest BCUT2D eigenvalue weighted by atomic mass is 9.79. The Balaban J connectivity index is 1.77. The molecule has 1 aromatic rings. The second kappa shape index (κ2) is 10.8. The van der Waals surface area contributed by atoms with Crippen LogP contribution in [0, 0.1) is 18.8 Å². The summed E-state index contributed by atoms with van der Waals surface area (Å²) in [5, 5.41) is 12.3. The maximum absolute atomic E-state index is 10.6. The molecule has 0 saturated heterocycles. The van der Waals surface area contributed by atoms with Crippen molar-refractivity contribution in [3.8, 4) is 0 Å². The molecule has 0 bridgehead atoms. The van der Waals surface area contributed by atoms with Crippen LogP contribution in [0.5, 0.6) is 0 Å². The van der Waals surface area contributed by atoms with E-state index in [9.17, 15) is 4.79 Å². The number of nitrogens with one attached hydrogen (secondary N) is 1. The molecule has 1 saturated carbocycles. The molecular formula is C21H30BrNO2. The van der Waals surface area contributed by atoms with Crippen LogP contribution < -0.4 is 5.32 Å². The Labute approximate surface area is 160 Å². The molecular weight excluding hydrogens is 378 g/mol. The first-order valence-electron chi connectivity index (χ1n) is 9.40. The van der Waals surface area contributed by atoms with Crippen molar-refractivity contribution >= 4 is 21.9 Å². The average molecular weight is 408 g/mol. The number of benzene rings is 1. The summed E-state index contributed by atoms with van der Waals surface area (Å²) in [5.41, 5.74) is 2.58. The van der Waals surface area contributed by atoms with Crippen molar-refractivity contribution in [3.05, 3.63) is 46.0 Å². The number of carboxylic acids is 1. The second-order valence-electron chi connectivity index (χ2n) is 7.15. The summed E-state index contributed by atoms with van der Waals surface area (Å²) in [7, 11) is 0. The van der Waals surface area contributed by atoms with E-state index in [0.29, 0.717) is 11.8 Å². The van der Waals surface area contributed by atoms with Gasteiger partial charge in [-0.1, -0.05) is 53.1 Å². The molecule has 0 aromatic heterocycles. The minimum absolute atomic E-state index is 0.269. The topological polar surface area (TPSA) is 49.3 Å². The van der Waals surface area contributed by atoms with Crippen LogP contribution in [0.25, 0.3) is 0 Å². The van der Waals surface area contributed by atoms with Gasteiger partial charge in [0.1, 0.15) is 0 Å². The van der Waals surface area contributed by atoms with Gasteiger partial charge in [-0.15, -0.1) is 0 Å². The van der Waals surface area contributed by atoms with Crippen LogP contribution in [0.3, 0.4) is 0 Å². The zero-order valence-corrected chi connectivity index (χ0v) is 16.7. The van der Waals surface area contributed by atoms with Crippen molar-refractivity contribution in [1.29, 1.82) is 0 Å². The van der Waals surface area contributed by atoms with Crippen molar-refractivity contribution in [2.45, 2.75) is 58.4 Å². The van der Waals surface area contributed by atoms with Gasteiger partial charge in [-0.2, -0.15) is 0 Å². The van der Waals surface area contributed by atoms with E-state index in [-0.39, 0.29) is 6.42 Å². The number of hydrogen-bond acceptors (Lipinski definition) is 2. The third-order valence-electron chi connectivity index (χ3n) is 5.04. The monoisotopic (exact) mass is 407 g/mol. The van der Waals surface area contributed by atoms with E-state index in [4.69, 9.17) is 5.11 Å². The van der Waals surface area contributed by atoms with Crippen LogP contribution >= 0.6 is 15.9 Å². The van der Waals surface area contributed by atoms with Crippen LogP contribution in [-0.4, -0.2) is 17.6 Å². The van der Waals surface area contributed by atoms with Crippen molar-refractivity contribution in [2.75, 3.05) is 6.54 Å². The van der Waals surface area contributed by atoms with Gasteiger partial charge < -0.3 is 10.4 Å². The number of allylic oxidation sites excluding steroid dienone is 2. The highest BCUT2D eigenvalue weighted by molar-refractivity contribution is 9.10. The van der Waals surface area contributed by atoms with Crippen LogP contribution in [0.4, 0.5) is 0 Å². The van der Waals surface area contributed by atoms with Gasteiger partial charge in [-0.3, -0.25) is 4.79 Å². The van der Waals surface area contributed by atoms with Crippen molar-refractivity contribution in [1.82, 2.24) is 5.32 Å². The van der Waals surface area contributed by atoms with E-state index >= 15 is 0 Å². The van der Waals surface area contributed by atoms with E-state index in [0.717, 1.165) is 25.9 Å². The number of unbranched alkanes of at least 4 members (excludes halogenated alkanes) is 1. The van der Waals surface area contributed by atoms with E-state index in [1.165, 1.54) is 41.3 Å². The van der Waals surface area contributed by atoms with E-state index in [2.05, 4.69) is 58.5 Å². The van der Waals surface area contributed by atoms with Gasteiger partial charge in [0.25, 0.3) is 0 Å². The SMILES string of the molecule is Cc1ccc(CNC[C@H]2CCCC[C@@H]2/C=C\CCCC(=O)O)c(Br)c1. The Bertz CT molecular complexity index is 585. The summed E-state index contributed by atoms with van der Waals surface area (Å²) in [5.74, 6) is 0.622. The van der Waals surface area contributed by atoms with Gasteiger partial charge in [0, 0.05) is 17.4 Å². The fraction of sp³-hybridized carbons (Fsp3) is 0.571. The van der Waals surface area contributed by atoms with Gasteiger partial charge in [0.05, 0.1) is 0 Å². The minimum Gasteiger partial charge on any atom is -0.481 e. The predicted octanol–water partition coefficient (Wildman–Crippen LogP) is 5.46. The Kier molecular flexibility index (Phi) is 8.70. The van der Waals surface area contributed by atoms with E-state index < -0.39 is 5.97 Å². The highest BCUT2D eigenvalue weighted by atomic mass is 79.9. The van der Waals surface area contributed by atoms with Gasteiger partial charge >= 0.3 is 5.97 Å². The molecule has 2 rings (SSSR count). The molecule has 1 aliphatic carbocycles. The van der Waals surface area contributed by atoms with Gasteiger partial charge in [-0.25, -0.2) is 0 Å². The molecule has 0 radical (unpaired) electrons. The van der Waals surface area contributed by atoms with Crippen molar-refractivity contribution < 1.29 is 9.90 Å². The highest BCUT2D eigenvalue weighted by Crippen LogP contribution is 2.31. The van der Waals surface area contributed by atoms with Gasteiger partial charge in [0.2, 0.25) is 0 Å². The van der Waals surface area contributed by atoms with E-state index in [1.807, 2.05) is 0 Å². The second-order valence-corrected chi connectivity index (χ2v) is 8.00. The molecule has 0 unspecified atom stereocenters. The Hall–Kier alpha value is -1.13. The fourth-order valence-electron chi connectivity index (χ4n) is 3.57. The molecule has 0 heterocycles. The quantitative estimate of drug-likeness (QED) is 0.421. The summed E-state index contributed by atoms with van der Waals surface area (Å²) >= 11 is 3.65. The summed E-state index contributed by atoms with van der Waals surface area (Å²) in [6.07, 6.45) is 11.6.